The monoisotopic (exact) mass is 282 g/mol. The summed E-state index contributed by atoms with van der Waals surface area (Å²) in [6, 6.07) is 15.8. The zero-order valence-electron chi connectivity index (χ0n) is 11.9. The molecule has 0 aliphatic heterocycles. The third-order valence-corrected chi connectivity index (χ3v) is 3.61. The van der Waals surface area contributed by atoms with Crippen molar-refractivity contribution in [1.82, 2.24) is 0 Å². The number of carbonyl (C=O) groups excluding carboxylic acids is 1. The summed E-state index contributed by atoms with van der Waals surface area (Å²) in [5, 5.41) is 0. The molecule has 2 aromatic carbocycles. The number of Topliss-reactive ketones (excluding diaryl/α,β-unsaturated/α-hetero) is 1. The maximum atomic E-state index is 11.8. The fourth-order valence-corrected chi connectivity index (χ4v) is 2.57. The Morgan fingerprint density at radius 2 is 1.76 bits per heavy atom. The lowest BCUT2D eigenvalue weighted by Gasteiger charge is -2.10. The van der Waals surface area contributed by atoms with Crippen LogP contribution >= 0.6 is 0 Å². The van der Waals surface area contributed by atoms with Crippen LogP contribution in [-0.4, -0.2) is 19.0 Å². The number of aryl methyl sites for hydroxylation is 1. The van der Waals surface area contributed by atoms with E-state index in [0.29, 0.717) is 32.0 Å². The molecule has 0 heterocycles. The van der Waals surface area contributed by atoms with Gasteiger partial charge in [-0.05, 0) is 23.6 Å². The number of hydrogen-bond donors (Lipinski definition) is 0. The molecular weight excluding hydrogens is 264 g/mol. The molecule has 3 nitrogen and oxygen atoms in total. The predicted molar refractivity (Wildman–Crippen MR) is 80.7 cm³/mol. The maximum Gasteiger partial charge on any atom is 0.167 e. The molecule has 0 aromatic heterocycles. The van der Waals surface area contributed by atoms with Gasteiger partial charge in [0.2, 0.25) is 0 Å². The van der Waals surface area contributed by atoms with Gasteiger partial charge >= 0.3 is 0 Å². The Hall–Kier alpha value is -2.13. The standard InChI is InChI=1S/C18H18O3/c19-16-10-9-15-7-4-8-17(18(15)16)21-12-11-20-13-14-5-2-1-3-6-14/h1-8H,9-13H2. The fourth-order valence-electron chi connectivity index (χ4n) is 2.57. The van der Waals surface area contributed by atoms with Crippen molar-refractivity contribution in [3.63, 3.8) is 0 Å². The zero-order chi connectivity index (χ0) is 14.5. The molecule has 0 N–H and O–H groups in total. The molecule has 1 aliphatic rings. The van der Waals surface area contributed by atoms with E-state index in [2.05, 4.69) is 0 Å². The molecule has 108 valence electrons. The van der Waals surface area contributed by atoms with E-state index in [1.54, 1.807) is 0 Å². The van der Waals surface area contributed by atoms with Crippen LogP contribution in [0.25, 0.3) is 0 Å². The van der Waals surface area contributed by atoms with E-state index in [1.807, 2.05) is 48.5 Å². The molecule has 0 saturated heterocycles. The summed E-state index contributed by atoms with van der Waals surface area (Å²) in [6.07, 6.45) is 1.43. The number of ether oxygens (including phenoxy) is 2. The summed E-state index contributed by atoms with van der Waals surface area (Å²) in [6.45, 7) is 1.54. The lowest BCUT2D eigenvalue weighted by atomic mass is 10.1. The largest absolute Gasteiger partial charge is 0.490 e. The van der Waals surface area contributed by atoms with Crippen LogP contribution in [0.1, 0.15) is 27.9 Å². The molecule has 0 saturated carbocycles. The lowest BCUT2D eigenvalue weighted by molar-refractivity contribution is 0.0874. The molecule has 1 aliphatic carbocycles. The van der Waals surface area contributed by atoms with E-state index < -0.39 is 0 Å². The van der Waals surface area contributed by atoms with Crippen LogP contribution in [0.5, 0.6) is 5.75 Å². The summed E-state index contributed by atoms with van der Waals surface area (Å²) >= 11 is 0. The first kappa shape index (κ1) is 13.8. The second-order valence-corrected chi connectivity index (χ2v) is 5.10. The van der Waals surface area contributed by atoms with E-state index in [4.69, 9.17) is 9.47 Å². The van der Waals surface area contributed by atoms with Crippen molar-refractivity contribution in [2.75, 3.05) is 13.2 Å². The highest BCUT2D eigenvalue weighted by Crippen LogP contribution is 2.30. The number of ketones is 1. The maximum absolute atomic E-state index is 11.8. The number of fused-ring (bicyclic) bond motifs is 1. The van der Waals surface area contributed by atoms with Crippen molar-refractivity contribution < 1.29 is 14.3 Å². The van der Waals surface area contributed by atoms with Crippen molar-refractivity contribution in [3.05, 3.63) is 65.2 Å². The Labute approximate surface area is 124 Å². The molecular formula is C18H18O3. The minimum absolute atomic E-state index is 0.186. The van der Waals surface area contributed by atoms with Gasteiger partial charge in [-0.2, -0.15) is 0 Å². The number of benzene rings is 2. The van der Waals surface area contributed by atoms with Gasteiger partial charge in [0.25, 0.3) is 0 Å². The topological polar surface area (TPSA) is 35.5 Å². The van der Waals surface area contributed by atoms with Crippen molar-refractivity contribution in [2.24, 2.45) is 0 Å². The third kappa shape index (κ3) is 3.31. The lowest BCUT2D eigenvalue weighted by Crippen LogP contribution is -2.08. The Kier molecular flexibility index (Phi) is 4.31. The fraction of sp³-hybridized carbons (Fsp3) is 0.278. The van der Waals surface area contributed by atoms with Gasteiger partial charge in [-0.15, -0.1) is 0 Å². The second-order valence-electron chi connectivity index (χ2n) is 5.10. The molecule has 0 bridgehead atoms. The van der Waals surface area contributed by atoms with E-state index in [0.717, 1.165) is 23.1 Å². The Balaban J connectivity index is 1.48. The van der Waals surface area contributed by atoms with Crippen LogP contribution in [0.15, 0.2) is 48.5 Å². The molecule has 0 amide bonds. The Bertz CT molecular complexity index is 620. The van der Waals surface area contributed by atoms with Gasteiger partial charge in [-0.1, -0.05) is 42.5 Å². The third-order valence-electron chi connectivity index (χ3n) is 3.61. The van der Waals surface area contributed by atoms with E-state index in [-0.39, 0.29) is 5.78 Å². The van der Waals surface area contributed by atoms with Crippen LogP contribution < -0.4 is 4.74 Å². The zero-order valence-corrected chi connectivity index (χ0v) is 11.9. The molecule has 0 spiro atoms. The van der Waals surface area contributed by atoms with Gasteiger partial charge < -0.3 is 9.47 Å². The Morgan fingerprint density at radius 1 is 0.905 bits per heavy atom. The SMILES string of the molecule is O=C1CCc2cccc(OCCOCc3ccccc3)c21. The average Bonchev–Trinajstić information content (AvgIpc) is 2.90. The summed E-state index contributed by atoms with van der Waals surface area (Å²) in [7, 11) is 0. The van der Waals surface area contributed by atoms with Gasteiger partial charge in [0.1, 0.15) is 12.4 Å². The summed E-state index contributed by atoms with van der Waals surface area (Å²) < 4.78 is 11.3. The first-order chi connectivity index (χ1) is 10.3. The smallest absolute Gasteiger partial charge is 0.167 e. The van der Waals surface area contributed by atoms with Crippen LogP contribution in [-0.2, 0) is 17.8 Å². The van der Waals surface area contributed by atoms with Gasteiger partial charge in [-0.25, -0.2) is 0 Å². The highest BCUT2D eigenvalue weighted by molar-refractivity contribution is 6.02. The van der Waals surface area contributed by atoms with E-state index in [1.165, 1.54) is 0 Å². The molecule has 0 fully saturated rings. The van der Waals surface area contributed by atoms with Crippen molar-refractivity contribution >= 4 is 5.78 Å². The van der Waals surface area contributed by atoms with E-state index >= 15 is 0 Å². The minimum Gasteiger partial charge on any atom is -0.490 e. The van der Waals surface area contributed by atoms with Gasteiger partial charge in [0, 0.05) is 6.42 Å². The highest BCUT2D eigenvalue weighted by atomic mass is 16.5. The molecule has 21 heavy (non-hydrogen) atoms. The molecule has 3 heteroatoms. The second kappa shape index (κ2) is 6.55. The average molecular weight is 282 g/mol. The molecule has 3 rings (SSSR count). The summed E-state index contributed by atoms with van der Waals surface area (Å²) in [4.78, 5) is 11.8. The van der Waals surface area contributed by atoms with Crippen molar-refractivity contribution in [2.45, 2.75) is 19.4 Å². The highest BCUT2D eigenvalue weighted by Gasteiger charge is 2.23. The van der Waals surface area contributed by atoms with Crippen molar-refractivity contribution in [3.8, 4) is 5.75 Å². The Morgan fingerprint density at radius 3 is 2.62 bits per heavy atom. The number of hydrogen-bond acceptors (Lipinski definition) is 3. The molecule has 0 atom stereocenters. The summed E-state index contributed by atoms with van der Waals surface area (Å²) in [5.74, 6) is 0.879. The molecule has 0 unspecified atom stereocenters. The van der Waals surface area contributed by atoms with Crippen LogP contribution in [0.4, 0.5) is 0 Å². The predicted octanol–water partition coefficient (Wildman–Crippen LogP) is 3.41. The van der Waals surface area contributed by atoms with Gasteiger partial charge in [-0.3, -0.25) is 4.79 Å². The summed E-state index contributed by atoms with van der Waals surface area (Å²) in [5.41, 5.74) is 3.01. The number of carbonyl (C=O) groups is 1. The van der Waals surface area contributed by atoms with Gasteiger partial charge in [0.15, 0.2) is 5.78 Å². The number of rotatable bonds is 6. The van der Waals surface area contributed by atoms with Crippen molar-refractivity contribution in [1.29, 1.82) is 0 Å². The van der Waals surface area contributed by atoms with E-state index in [9.17, 15) is 4.79 Å². The van der Waals surface area contributed by atoms with Crippen LogP contribution in [0, 0.1) is 0 Å². The minimum atomic E-state index is 0.186. The molecule has 2 aromatic rings. The van der Waals surface area contributed by atoms with Gasteiger partial charge in [0.05, 0.1) is 18.8 Å². The van der Waals surface area contributed by atoms with Crippen LogP contribution in [0.2, 0.25) is 0 Å². The molecule has 0 radical (unpaired) electrons. The normalized spacial score (nSPS) is 13.2. The first-order valence-corrected chi connectivity index (χ1v) is 7.24. The first-order valence-electron chi connectivity index (χ1n) is 7.24. The quantitative estimate of drug-likeness (QED) is 0.762. The van der Waals surface area contributed by atoms with Crippen LogP contribution in [0.3, 0.4) is 0 Å².